The number of thioether (sulfide) groups is 1. The van der Waals surface area contributed by atoms with Gasteiger partial charge in [-0.25, -0.2) is 0 Å². The van der Waals surface area contributed by atoms with E-state index in [0.717, 1.165) is 40.8 Å². The number of rotatable bonds is 7. The summed E-state index contributed by atoms with van der Waals surface area (Å²) in [6.07, 6.45) is 4.44. The fourth-order valence-corrected chi connectivity index (χ4v) is 3.57. The quantitative estimate of drug-likeness (QED) is 0.624. The van der Waals surface area contributed by atoms with Gasteiger partial charge < -0.3 is 9.88 Å². The zero-order valence-electron chi connectivity index (χ0n) is 15.8. The standard InChI is InChI=1S/C20H23N5OS/c1-4-11-25-19(16-7-9-21-10-8-16)23-24-20(25)27-13-18(26)22-17-6-5-14(2)12-15(17)3/h5-10,12H,4,11,13H2,1-3H3,(H,22,26). The van der Waals surface area contributed by atoms with Crippen molar-refractivity contribution in [3.8, 4) is 11.4 Å². The molecule has 0 spiro atoms. The summed E-state index contributed by atoms with van der Waals surface area (Å²) in [6, 6.07) is 9.82. The fourth-order valence-electron chi connectivity index (χ4n) is 2.81. The van der Waals surface area contributed by atoms with Crippen LogP contribution in [0.15, 0.2) is 47.9 Å². The van der Waals surface area contributed by atoms with Crippen LogP contribution in [-0.4, -0.2) is 31.4 Å². The lowest BCUT2D eigenvalue weighted by molar-refractivity contribution is -0.113. The van der Waals surface area contributed by atoms with E-state index in [2.05, 4.69) is 38.1 Å². The zero-order chi connectivity index (χ0) is 19.2. The van der Waals surface area contributed by atoms with Crippen molar-refractivity contribution in [3.05, 3.63) is 53.9 Å². The van der Waals surface area contributed by atoms with Gasteiger partial charge in [-0.2, -0.15) is 0 Å². The number of aromatic nitrogens is 4. The molecule has 1 N–H and O–H groups in total. The molecule has 0 saturated carbocycles. The summed E-state index contributed by atoms with van der Waals surface area (Å²) in [6.45, 7) is 6.94. The van der Waals surface area contributed by atoms with Gasteiger partial charge in [-0.3, -0.25) is 9.78 Å². The maximum atomic E-state index is 12.4. The SMILES string of the molecule is CCCn1c(SCC(=O)Nc2ccc(C)cc2C)nnc1-c1ccncc1. The average molecular weight is 382 g/mol. The van der Waals surface area contributed by atoms with Crippen LogP contribution in [0.2, 0.25) is 0 Å². The molecule has 1 aromatic carbocycles. The lowest BCUT2D eigenvalue weighted by Crippen LogP contribution is -2.15. The van der Waals surface area contributed by atoms with Gasteiger partial charge in [-0.05, 0) is 44.0 Å². The Kier molecular flexibility index (Phi) is 6.24. The second-order valence-corrected chi connectivity index (χ2v) is 7.29. The number of amides is 1. The van der Waals surface area contributed by atoms with Crippen molar-refractivity contribution in [2.75, 3.05) is 11.1 Å². The zero-order valence-corrected chi connectivity index (χ0v) is 16.6. The molecule has 2 aromatic heterocycles. The molecule has 1 amide bonds. The lowest BCUT2D eigenvalue weighted by Gasteiger charge is -2.10. The molecule has 6 nitrogen and oxygen atoms in total. The van der Waals surface area contributed by atoms with E-state index < -0.39 is 0 Å². The Morgan fingerprint density at radius 3 is 2.63 bits per heavy atom. The highest BCUT2D eigenvalue weighted by atomic mass is 32.2. The normalized spacial score (nSPS) is 10.8. The van der Waals surface area contributed by atoms with E-state index in [1.807, 2.05) is 38.1 Å². The molecule has 0 unspecified atom stereocenters. The molecule has 0 atom stereocenters. The monoisotopic (exact) mass is 381 g/mol. The molecular weight excluding hydrogens is 358 g/mol. The highest BCUT2D eigenvalue weighted by Gasteiger charge is 2.15. The summed E-state index contributed by atoms with van der Waals surface area (Å²) in [4.78, 5) is 16.4. The summed E-state index contributed by atoms with van der Waals surface area (Å²) in [7, 11) is 0. The first-order valence-corrected chi connectivity index (χ1v) is 9.90. The van der Waals surface area contributed by atoms with Crippen LogP contribution in [0, 0.1) is 13.8 Å². The number of aryl methyl sites for hydroxylation is 2. The topological polar surface area (TPSA) is 72.7 Å². The van der Waals surface area contributed by atoms with Gasteiger partial charge >= 0.3 is 0 Å². The summed E-state index contributed by atoms with van der Waals surface area (Å²) >= 11 is 1.40. The molecule has 3 aromatic rings. The Balaban J connectivity index is 1.70. The van der Waals surface area contributed by atoms with E-state index >= 15 is 0 Å². The summed E-state index contributed by atoms with van der Waals surface area (Å²) < 4.78 is 2.06. The van der Waals surface area contributed by atoms with Gasteiger partial charge in [-0.15, -0.1) is 10.2 Å². The van der Waals surface area contributed by atoms with E-state index in [1.165, 1.54) is 17.3 Å². The lowest BCUT2D eigenvalue weighted by atomic mass is 10.1. The van der Waals surface area contributed by atoms with Crippen LogP contribution in [-0.2, 0) is 11.3 Å². The average Bonchev–Trinajstić information content (AvgIpc) is 3.06. The van der Waals surface area contributed by atoms with E-state index in [1.54, 1.807) is 12.4 Å². The first kappa shape index (κ1) is 19.1. The minimum Gasteiger partial charge on any atom is -0.325 e. The Morgan fingerprint density at radius 2 is 1.93 bits per heavy atom. The first-order valence-electron chi connectivity index (χ1n) is 8.92. The molecule has 0 aliphatic rings. The van der Waals surface area contributed by atoms with Crippen LogP contribution in [0.5, 0.6) is 0 Å². The number of carbonyl (C=O) groups is 1. The van der Waals surface area contributed by atoms with Crippen LogP contribution in [0.3, 0.4) is 0 Å². The van der Waals surface area contributed by atoms with Gasteiger partial charge in [0.25, 0.3) is 0 Å². The van der Waals surface area contributed by atoms with Gasteiger partial charge in [0.05, 0.1) is 5.75 Å². The minimum atomic E-state index is -0.0523. The van der Waals surface area contributed by atoms with E-state index in [-0.39, 0.29) is 11.7 Å². The molecule has 27 heavy (non-hydrogen) atoms. The maximum absolute atomic E-state index is 12.4. The maximum Gasteiger partial charge on any atom is 0.234 e. The molecule has 0 radical (unpaired) electrons. The van der Waals surface area contributed by atoms with Gasteiger partial charge in [0, 0.05) is 30.2 Å². The number of benzene rings is 1. The third-order valence-corrected chi connectivity index (χ3v) is 5.06. The van der Waals surface area contributed by atoms with Gasteiger partial charge in [-0.1, -0.05) is 36.4 Å². The van der Waals surface area contributed by atoms with Crippen molar-refractivity contribution >= 4 is 23.4 Å². The second kappa shape index (κ2) is 8.81. The largest absolute Gasteiger partial charge is 0.325 e. The number of hydrogen-bond donors (Lipinski definition) is 1. The van der Waals surface area contributed by atoms with Gasteiger partial charge in [0.2, 0.25) is 5.91 Å². The Hall–Kier alpha value is -2.67. The number of anilines is 1. The summed E-state index contributed by atoms with van der Waals surface area (Å²) in [5, 5.41) is 12.3. The van der Waals surface area contributed by atoms with Gasteiger partial charge in [0.15, 0.2) is 11.0 Å². The molecular formula is C20H23N5OS. The van der Waals surface area contributed by atoms with Crippen LogP contribution < -0.4 is 5.32 Å². The summed E-state index contributed by atoms with van der Waals surface area (Å²) in [5.74, 6) is 1.03. The van der Waals surface area contributed by atoms with Crippen LogP contribution in [0.25, 0.3) is 11.4 Å². The molecule has 0 saturated heterocycles. The van der Waals surface area contributed by atoms with Crippen LogP contribution in [0.1, 0.15) is 24.5 Å². The molecule has 0 aliphatic carbocycles. The second-order valence-electron chi connectivity index (χ2n) is 6.35. The Bertz CT molecular complexity index is 923. The third-order valence-electron chi connectivity index (χ3n) is 4.09. The molecule has 0 fully saturated rings. The highest BCUT2D eigenvalue weighted by molar-refractivity contribution is 7.99. The first-order chi connectivity index (χ1) is 13.1. The van der Waals surface area contributed by atoms with Crippen LogP contribution in [0.4, 0.5) is 5.69 Å². The third kappa shape index (κ3) is 4.74. The van der Waals surface area contributed by atoms with Crippen molar-refractivity contribution < 1.29 is 4.79 Å². The van der Waals surface area contributed by atoms with E-state index in [9.17, 15) is 4.79 Å². The van der Waals surface area contributed by atoms with Crippen molar-refractivity contribution in [3.63, 3.8) is 0 Å². The van der Waals surface area contributed by atoms with Crippen molar-refractivity contribution in [1.82, 2.24) is 19.7 Å². The predicted octanol–water partition coefficient (Wildman–Crippen LogP) is 4.10. The van der Waals surface area contributed by atoms with Crippen molar-refractivity contribution in [2.45, 2.75) is 38.9 Å². The fraction of sp³-hybridized carbons (Fsp3) is 0.300. The van der Waals surface area contributed by atoms with Crippen molar-refractivity contribution in [1.29, 1.82) is 0 Å². The number of hydrogen-bond acceptors (Lipinski definition) is 5. The molecule has 0 bridgehead atoms. The Morgan fingerprint density at radius 1 is 1.15 bits per heavy atom. The summed E-state index contributed by atoms with van der Waals surface area (Å²) in [5.41, 5.74) is 4.05. The molecule has 0 aliphatic heterocycles. The number of nitrogens with zero attached hydrogens (tertiary/aromatic N) is 4. The number of nitrogens with one attached hydrogen (secondary N) is 1. The smallest absolute Gasteiger partial charge is 0.234 e. The minimum absolute atomic E-state index is 0.0523. The molecule has 2 heterocycles. The number of pyridine rings is 1. The van der Waals surface area contributed by atoms with Crippen molar-refractivity contribution in [2.24, 2.45) is 0 Å². The van der Waals surface area contributed by atoms with Crippen LogP contribution >= 0.6 is 11.8 Å². The molecule has 140 valence electrons. The van der Waals surface area contributed by atoms with E-state index in [0.29, 0.717) is 0 Å². The number of carbonyl (C=O) groups excluding carboxylic acids is 1. The molecule has 7 heteroatoms. The highest BCUT2D eigenvalue weighted by Crippen LogP contribution is 2.24. The predicted molar refractivity (Wildman–Crippen MR) is 109 cm³/mol. The van der Waals surface area contributed by atoms with E-state index in [4.69, 9.17) is 0 Å². The van der Waals surface area contributed by atoms with Gasteiger partial charge in [0.1, 0.15) is 0 Å². The molecule has 3 rings (SSSR count). The Labute approximate surface area is 163 Å².